The van der Waals surface area contributed by atoms with Crippen molar-refractivity contribution in [1.82, 2.24) is 5.32 Å². The van der Waals surface area contributed by atoms with E-state index in [9.17, 15) is 9.59 Å². The molecule has 104 valence electrons. The Morgan fingerprint density at radius 3 is 2.32 bits per heavy atom. The molecule has 0 aliphatic rings. The zero-order valence-electron chi connectivity index (χ0n) is 11.1. The lowest BCUT2D eigenvalue weighted by molar-refractivity contribution is -0.127. The number of hydrogen-bond donors (Lipinski definition) is 3. The summed E-state index contributed by atoms with van der Waals surface area (Å²) in [7, 11) is 1.57. The van der Waals surface area contributed by atoms with Gasteiger partial charge in [-0.1, -0.05) is 12.1 Å². The molecule has 6 nitrogen and oxygen atoms in total. The summed E-state index contributed by atoms with van der Waals surface area (Å²) < 4.78 is 5.04. The van der Waals surface area contributed by atoms with Crippen LogP contribution < -0.4 is 21.5 Å². The average Bonchev–Trinajstić information content (AvgIpc) is 2.38. The highest BCUT2D eigenvalue weighted by Gasteiger charge is 2.20. The molecule has 5 N–H and O–H groups in total. The third-order valence-corrected chi connectivity index (χ3v) is 2.67. The van der Waals surface area contributed by atoms with Gasteiger partial charge in [-0.25, -0.2) is 0 Å². The van der Waals surface area contributed by atoms with Gasteiger partial charge in [-0.3, -0.25) is 9.59 Å². The first-order chi connectivity index (χ1) is 8.93. The molecule has 0 aliphatic heterocycles. The number of methoxy groups -OCH3 is 1. The summed E-state index contributed by atoms with van der Waals surface area (Å²) in [6.45, 7) is 1.54. The van der Waals surface area contributed by atoms with Gasteiger partial charge < -0.3 is 21.5 Å². The van der Waals surface area contributed by atoms with Crippen LogP contribution in [0, 0.1) is 0 Å². The molecule has 1 aromatic carbocycles. The van der Waals surface area contributed by atoms with E-state index in [0.717, 1.165) is 11.3 Å². The van der Waals surface area contributed by atoms with Crippen LogP contribution in [0.4, 0.5) is 0 Å². The molecule has 2 atom stereocenters. The lowest BCUT2D eigenvalue weighted by Crippen LogP contribution is -2.50. The number of carbonyl (C=O) groups excluding carboxylic acids is 2. The van der Waals surface area contributed by atoms with Crippen LogP contribution in [0.5, 0.6) is 5.75 Å². The molecular weight excluding hydrogens is 246 g/mol. The lowest BCUT2D eigenvalue weighted by atomic mass is 10.0. The molecule has 6 heteroatoms. The average molecular weight is 265 g/mol. The highest BCUT2D eigenvalue weighted by Crippen LogP contribution is 2.12. The number of primary amides is 1. The fourth-order valence-electron chi connectivity index (χ4n) is 1.52. The third kappa shape index (κ3) is 4.59. The van der Waals surface area contributed by atoms with Gasteiger partial charge in [0.05, 0.1) is 13.2 Å². The summed E-state index contributed by atoms with van der Waals surface area (Å²) in [4.78, 5) is 22.8. The zero-order valence-corrected chi connectivity index (χ0v) is 11.1. The Bertz CT molecular complexity index is 443. The minimum Gasteiger partial charge on any atom is -0.497 e. The largest absolute Gasteiger partial charge is 0.497 e. The van der Waals surface area contributed by atoms with E-state index in [2.05, 4.69) is 5.32 Å². The summed E-state index contributed by atoms with van der Waals surface area (Å²) >= 11 is 0. The molecule has 0 saturated carbocycles. The topological polar surface area (TPSA) is 107 Å². The molecule has 0 saturated heterocycles. The Hall–Kier alpha value is -2.08. The maximum atomic E-state index is 11.5. The van der Waals surface area contributed by atoms with Crippen LogP contribution in [0.15, 0.2) is 24.3 Å². The Kier molecular flexibility index (Phi) is 5.32. The number of nitrogens with two attached hydrogens (primary N) is 2. The summed E-state index contributed by atoms with van der Waals surface area (Å²) in [5, 5.41) is 2.52. The predicted octanol–water partition coefficient (Wildman–Crippen LogP) is -0.445. The van der Waals surface area contributed by atoms with Gasteiger partial charge >= 0.3 is 0 Å². The molecule has 1 aromatic rings. The molecule has 0 fully saturated rings. The minimum absolute atomic E-state index is 0.317. The fraction of sp³-hybridized carbons (Fsp3) is 0.385. The van der Waals surface area contributed by atoms with Crippen LogP contribution >= 0.6 is 0 Å². The molecule has 1 rings (SSSR count). The van der Waals surface area contributed by atoms with E-state index in [1.807, 2.05) is 12.1 Å². The van der Waals surface area contributed by atoms with E-state index in [1.165, 1.54) is 0 Å². The second-order valence-electron chi connectivity index (χ2n) is 4.30. The first-order valence-electron chi connectivity index (χ1n) is 5.92. The van der Waals surface area contributed by atoms with Crippen molar-refractivity contribution in [3.63, 3.8) is 0 Å². The molecular formula is C13H19N3O3. The number of benzene rings is 1. The van der Waals surface area contributed by atoms with Crippen molar-refractivity contribution in [1.29, 1.82) is 0 Å². The van der Waals surface area contributed by atoms with Crippen LogP contribution in [0.25, 0.3) is 0 Å². The van der Waals surface area contributed by atoms with Gasteiger partial charge in [0.25, 0.3) is 0 Å². The van der Waals surface area contributed by atoms with E-state index in [4.69, 9.17) is 16.2 Å². The van der Waals surface area contributed by atoms with Gasteiger partial charge in [-0.2, -0.15) is 0 Å². The van der Waals surface area contributed by atoms with Crippen molar-refractivity contribution in [3.8, 4) is 5.75 Å². The van der Waals surface area contributed by atoms with Gasteiger partial charge in [0.2, 0.25) is 11.8 Å². The second kappa shape index (κ2) is 6.75. The SMILES string of the molecule is COc1ccc(CC(NC(=O)C(C)N)C(N)=O)cc1. The predicted molar refractivity (Wildman–Crippen MR) is 71.5 cm³/mol. The first-order valence-corrected chi connectivity index (χ1v) is 5.92. The number of carbonyl (C=O) groups is 2. The smallest absolute Gasteiger partial charge is 0.240 e. The molecule has 0 aromatic heterocycles. The monoisotopic (exact) mass is 265 g/mol. The maximum absolute atomic E-state index is 11.5. The minimum atomic E-state index is -0.771. The standard InChI is InChI=1S/C13H19N3O3/c1-8(14)13(18)16-11(12(15)17)7-9-3-5-10(19-2)6-4-9/h3-6,8,11H,7,14H2,1-2H3,(H2,15,17)(H,16,18). The molecule has 0 spiro atoms. The molecule has 2 amide bonds. The number of rotatable bonds is 6. The summed E-state index contributed by atoms with van der Waals surface area (Å²) in [6, 6.07) is 5.73. The van der Waals surface area contributed by atoms with E-state index < -0.39 is 23.9 Å². The Labute approximate surface area is 112 Å². The van der Waals surface area contributed by atoms with Crippen LogP contribution in [0.3, 0.4) is 0 Å². The van der Waals surface area contributed by atoms with Crippen molar-refractivity contribution in [2.24, 2.45) is 11.5 Å². The van der Waals surface area contributed by atoms with E-state index in [0.29, 0.717) is 6.42 Å². The highest BCUT2D eigenvalue weighted by molar-refractivity contribution is 5.88. The van der Waals surface area contributed by atoms with Crippen molar-refractivity contribution >= 4 is 11.8 Å². The van der Waals surface area contributed by atoms with Gasteiger partial charge in [-0.15, -0.1) is 0 Å². The number of amides is 2. The van der Waals surface area contributed by atoms with Crippen LogP contribution in [0.2, 0.25) is 0 Å². The van der Waals surface area contributed by atoms with Crippen LogP contribution in [0.1, 0.15) is 12.5 Å². The molecule has 0 radical (unpaired) electrons. The van der Waals surface area contributed by atoms with Crippen molar-refractivity contribution in [3.05, 3.63) is 29.8 Å². The summed E-state index contributed by atoms with van der Waals surface area (Å²) in [5.41, 5.74) is 11.6. The lowest BCUT2D eigenvalue weighted by Gasteiger charge is -2.17. The highest BCUT2D eigenvalue weighted by atomic mass is 16.5. The van der Waals surface area contributed by atoms with Gasteiger partial charge in [0.1, 0.15) is 11.8 Å². The molecule has 19 heavy (non-hydrogen) atoms. The van der Waals surface area contributed by atoms with Gasteiger partial charge in [0, 0.05) is 6.42 Å². The molecule has 0 aliphatic carbocycles. The number of hydrogen-bond acceptors (Lipinski definition) is 4. The van der Waals surface area contributed by atoms with Crippen LogP contribution in [-0.4, -0.2) is 31.0 Å². The fourth-order valence-corrected chi connectivity index (χ4v) is 1.52. The zero-order chi connectivity index (χ0) is 14.4. The summed E-state index contributed by atoms with van der Waals surface area (Å²) in [5.74, 6) is -0.277. The van der Waals surface area contributed by atoms with E-state index in [1.54, 1.807) is 26.2 Å². The van der Waals surface area contributed by atoms with E-state index >= 15 is 0 Å². The van der Waals surface area contributed by atoms with Crippen molar-refractivity contribution in [2.45, 2.75) is 25.4 Å². The van der Waals surface area contributed by atoms with E-state index in [-0.39, 0.29) is 0 Å². The molecule has 0 heterocycles. The van der Waals surface area contributed by atoms with Crippen molar-refractivity contribution in [2.75, 3.05) is 7.11 Å². The summed E-state index contributed by atoms with van der Waals surface area (Å²) in [6.07, 6.45) is 0.317. The maximum Gasteiger partial charge on any atom is 0.240 e. The number of nitrogens with one attached hydrogen (secondary N) is 1. The van der Waals surface area contributed by atoms with Gasteiger partial charge in [-0.05, 0) is 24.6 Å². The Morgan fingerprint density at radius 2 is 1.89 bits per heavy atom. The first kappa shape index (κ1) is 15.0. The van der Waals surface area contributed by atoms with Crippen molar-refractivity contribution < 1.29 is 14.3 Å². The number of ether oxygens (including phenoxy) is 1. The third-order valence-electron chi connectivity index (χ3n) is 2.67. The molecule has 0 bridgehead atoms. The normalized spacial score (nSPS) is 13.4. The molecule has 2 unspecified atom stereocenters. The second-order valence-corrected chi connectivity index (χ2v) is 4.30. The van der Waals surface area contributed by atoms with Gasteiger partial charge in [0.15, 0.2) is 0 Å². The Morgan fingerprint density at radius 1 is 1.32 bits per heavy atom. The quantitative estimate of drug-likeness (QED) is 0.647. The Balaban J connectivity index is 2.72. The van der Waals surface area contributed by atoms with Crippen LogP contribution in [-0.2, 0) is 16.0 Å².